The Bertz CT molecular complexity index is 2780. The molecule has 0 saturated carbocycles. The molecule has 0 bridgehead atoms. The minimum atomic E-state index is -0.305. The lowest BCUT2D eigenvalue weighted by Gasteiger charge is -2.19. The van der Waals surface area contributed by atoms with E-state index in [1.807, 2.05) is 66.7 Å². The van der Waals surface area contributed by atoms with Crippen LogP contribution in [0.5, 0.6) is 0 Å². The molecule has 1 aromatic heterocycles. The summed E-state index contributed by atoms with van der Waals surface area (Å²) in [4.78, 5) is 0. The van der Waals surface area contributed by atoms with E-state index in [4.69, 9.17) is 8.53 Å². The molecule has 1 nitrogen and oxygen atoms in total. The van der Waals surface area contributed by atoms with Gasteiger partial charge in [-0.3, -0.25) is 0 Å². The van der Waals surface area contributed by atoms with Crippen LogP contribution in [0.1, 0.15) is 8.22 Å². The van der Waals surface area contributed by atoms with E-state index in [1.54, 1.807) is 12.1 Å². The largest absolute Gasteiger partial charge is 0.456 e. The normalized spacial score (nSPS) is 13.7. The van der Waals surface area contributed by atoms with Crippen LogP contribution in [0.4, 0.5) is 0 Å². The Hall–Kier alpha value is -5.66. The zero-order valence-corrected chi connectivity index (χ0v) is 23.0. The Labute approximate surface area is 257 Å². The zero-order valence-electron chi connectivity index (χ0n) is 29.0. The molecule has 43 heavy (non-hydrogen) atoms. The highest BCUT2D eigenvalue weighted by Gasteiger charge is 2.21. The lowest BCUT2D eigenvalue weighted by Crippen LogP contribution is -1.92. The van der Waals surface area contributed by atoms with Crippen LogP contribution in [-0.4, -0.2) is 0 Å². The van der Waals surface area contributed by atoms with Gasteiger partial charge in [0, 0.05) is 10.8 Å². The Morgan fingerprint density at radius 1 is 0.419 bits per heavy atom. The molecule has 0 saturated heterocycles. The summed E-state index contributed by atoms with van der Waals surface area (Å²) >= 11 is 0. The predicted molar refractivity (Wildman–Crippen MR) is 183 cm³/mol. The molecular weight excluding hydrogens is 520 g/mol. The van der Waals surface area contributed by atoms with E-state index in [1.165, 1.54) is 0 Å². The molecule has 0 aliphatic rings. The van der Waals surface area contributed by atoms with Crippen LogP contribution >= 0.6 is 0 Å². The zero-order chi connectivity index (χ0) is 33.6. The van der Waals surface area contributed by atoms with Gasteiger partial charge in [0.2, 0.25) is 0 Å². The molecule has 0 unspecified atom stereocenters. The number of benzene rings is 8. The molecule has 0 amide bonds. The van der Waals surface area contributed by atoms with E-state index in [9.17, 15) is 4.11 Å². The molecule has 0 spiro atoms. The summed E-state index contributed by atoms with van der Waals surface area (Å²) in [5.41, 5.74) is 4.13. The standard InChI is InChI=1S/C42H26O/c1-2-12-27(13-3-1)29-24-25-36-39(26-29)43-38-23-11-22-37(42(36)38)41-34-19-8-6-17-32(34)40(33-18-7-9-20-35(33)41)31-21-10-15-28-14-4-5-16-30(28)31/h1-26H/i11D,22D,23D,24D,25D,26D. The van der Waals surface area contributed by atoms with Crippen molar-refractivity contribution in [1.82, 2.24) is 0 Å². The molecule has 1 heteroatoms. The molecule has 0 aliphatic carbocycles. The van der Waals surface area contributed by atoms with E-state index < -0.39 is 0 Å². The highest BCUT2D eigenvalue weighted by atomic mass is 16.3. The van der Waals surface area contributed by atoms with E-state index in [2.05, 4.69) is 42.5 Å². The Morgan fingerprint density at radius 2 is 1.02 bits per heavy atom. The van der Waals surface area contributed by atoms with Crippen molar-refractivity contribution in [3.05, 3.63) is 158 Å². The number of hydrogen-bond donors (Lipinski definition) is 0. The van der Waals surface area contributed by atoms with Gasteiger partial charge in [0.05, 0.1) is 8.22 Å². The summed E-state index contributed by atoms with van der Waals surface area (Å²) in [7, 11) is 0. The second-order valence-corrected chi connectivity index (χ2v) is 10.7. The SMILES string of the molecule is [2H]c1c([2H])c(-c2c3ccccc3c(-c3cccc4ccccc34)c3ccccc23)c2c(oc3c([2H])c(-c4ccccc4)c([2H])c([2H])c32)c1[2H]. The summed E-state index contributed by atoms with van der Waals surface area (Å²) in [6.45, 7) is 0. The van der Waals surface area contributed by atoms with Crippen molar-refractivity contribution in [2.75, 3.05) is 0 Å². The van der Waals surface area contributed by atoms with Gasteiger partial charge in [0.1, 0.15) is 11.2 Å². The van der Waals surface area contributed by atoms with Crippen molar-refractivity contribution < 1.29 is 12.6 Å². The number of hydrogen-bond acceptors (Lipinski definition) is 1. The first kappa shape index (κ1) is 18.7. The Balaban J connectivity index is 1.49. The van der Waals surface area contributed by atoms with Crippen LogP contribution in [0, 0.1) is 0 Å². The minimum absolute atomic E-state index is 0.0314. The van der Waals surface area contributed by atoms with Gasteiger partial charge in [-0.05, 0) is 83.8 Å². The molecule has 0 N–H and O–H groups in total. The fourth-order valence-corrected chi connectivity index (χ4v) is 6.52. The second-order valence-electron chi connectivity index (χ2n) is 10.7. The molecule has 0 radical (unpaired) electrons. The third kappa shape index (κ3) is 3.65. The van der Waals surface area contributed by atoms with Crippen molar-refractivity contribution in [3.8, 4) is 33.4 Å². The van der Waals surface area contributed by atoms with Crippen molar-refractivity contribution in [1.29, 1.82) is 0 Å². The summed E-state index contributed by atoms with van der Waals surface area (Å²) in [6.07, 6.45) is 0. The number of fused-ring (bicyclic) bond motifs is 6. The first-order valence-electron chi connectivity index (χ1n) is 17.3. The number of rotatable bonds is 3. The third-order valence-corrected chi connectivity index (χ3v) is 8.38. The minimum Gasteiger partial charge on any atom is -0.456 e. The molecule has 8 aromatic carbocycles. The van der Waals surface area contributed by atoms with Crippen LogP contribution in [0.15, 0.2) is 162 Å². The molecule has 1 heterocycles. The van der Waals surface area contributed by atoms with Gasteiger partial charge in [0.25, 0.3) is 0 Å². The second kappa shape index (κ2) is 9.44. The maximum Gasteiger partial charge on any atom is 0.136 e. The van der Waals surface area contributed by atoms with Gasteiger partial charge in [-0.15, -0.1) is 0 Å². The van der Waals surface area contributed by atoms with E-state index in [0.717, 1.165) is 43.4 Å². The van der Waals surface area contributed by atoms with Crippen LogP contribution in [-0.2, 0) is 0 Å². The molecule has 0 fully saturated rings. The maximum atomic E-state index is 9.40. The van der Waals surface area contributed by atoms with Gasteiger partial charge in [-0.25, -0.2) is 0 Å². The summed E-state index contributed by atoms with van der Waals surface area (Å²) < 4.78 is 61.1. The van der Waals surface area contributed by atoms with Crippen molar-refractivity contribution >= 4 is 54.3 Å². The lowest BCUT2D eigenvalue weighted by atomic mass is 9.84. The average molecular weight is 553 g/mol. The molecule has 0 aliphatic heterocycles. The van der Waals surface area contributed by atoms with Crippen LogP contribution in [0.2, 0.25) is 0 Å². The Kier molecular flexibility index (Phi) is 4.11. The smallest absolute Gasteiger partial charge is 0.136 e. The van der Waals surface area contributed by atoms with Crippen molar-refractivity contribution in [2.45, 2.75) is 0 Å². The van der Waals surface area contributed by atoms with Crippen molar-refractivity contribution in [3.63, 3.8) is 0 Å². The van der Waals surface area contributed by atoms with Crippen LogP contribution < -0.4 is 0 Å². The summed E-state index contributed by atoms with van der Waals surface area (Å²) in [5, 5.41) is 6.34. The van der Waals surface area contributed by atoms with Gasteiger partial charge in [-0.1, -0.05) is 139 Å². The topological polar surface area (TPSA) is 13.1 Å². The molecule has 9 aromatic rings. The van der Waals surface area contributed by atoms with E-state index in [0.29, 0.717) is 22.1 Å². The van der Waals surface area contributed by atoms with Gasteiger partial charge < -0.3 is 4.42 Å². The fraction of sp³-hybridized carbons (Fsp3) is 0. The highest BCUT2D eigenvalue weighted by Crippen LogP contribution is 2.48. The molecular formula is C42H26O. The lowest BCUT2D eigenvalue weighted by molar-refractivity contribution is 0.669. The van der Waals surface area contributed by atoms with Crippen LogP contribution in [0.25, 0.3) is 87.6 Å². The Morgan fingerprint density at radius 3 is 1.74 bits per heavy atom. The first-order chi connectivity index (χ1) is 23.9. The van der Waals surface area contributed by atoms with Gasteiger partial charge >= 0.3 is 0 Å². The first-order valence-corrected chi connectivity index (χ1v) is 14.3. The predicted octanol–water partition coefficient (Wildman–Crippen LogP) is 12.0. The van der Waals surface area contributed by atoms with Gasteiger partial charge in [0.15, 0.2) is 0 Å². The quantitative estimate of drug-likeness (QED) is 0.199. The third-order valence-electron chi connectivity index (χ3n) is 8.38. The monoisotopic (exact) mass is 552 g/mol. The molecule has 9 rings (SSSR count). The van der Waals surface area contributed by atoms with Gasteiger partial charge in [-0.2, -0.15) is 0 Å². The average Bonchev–Trinajstić information content (AvgIpc) is 3.54. The molecule has 200 valence electrons. The van der Waals surface area contributed by atoms with Crippen molar-refractivity contribution in [2.24, 2.45) is 0 Å². The summed E-state index contributed by atoms with van der Waals surface area (Å²) in [5.74, 6) is 0. The van der Waals surface area contributed by atoms with E-state index >= 15 is 0 Å². The van der Waals surface area contributed by atoms with E-state index in [-0.39, 0.29) is 58.4 Å². The maximum absolute atomic E-state index is 9.40. The molecule has 0 atom stereocenters. The highest BCUT2D eigenvalue weighted by molar-refractivity contribution is 6.27. The number of furan rings is 1. The van der Waals surface area contributed by atoms with Crippen LogP contribution in [0.3, 0.4) is 0 Å². The fourth-order valence-electron chi connectivity index (χ4n) is 6.52. The summed E-state index contributed by atoms with van der Waals surface area (Å²) in [6, 6.07) is 38.6.